The van der Waals surface area contributed by atoms with Crippen molar-refractivity contribution in [2.45, 2.75) is 51.1 Å². The summed E-state index contributed by atoms with van der Waals surface area (Å²) in [4.78, 5) is 29.9. The number of benzene rings is 2. The quantitative estimate of drug-likeness (QED) is 0.254. The van der Waals surface area contributed by atoms with Crippen molar-refractivity contribution in [3.8, 4) is 16.9 Å². The average molecular weight is 503 g/mol. The lowest BCUT2D eigenvalue weighted by molar-refractivity contribution is 0.0647. The van der Waals surface area contributed by atoms with Crippen LogP contribution in [0.2, 0.25) is 0 Å². The molecule has 2 aliphatic rings. The van der Waals surface area contributed by atoms with Crippen LogP contribution in [0.25, 0.3) is 21.6 Å². The van der Waals surface area contributed by atoms with Gasteiger partial charge in [-0.25, -0.2) is 4.79 Å². The maximum atomic E-state index is 13.6. The minimum absolute atomic E-state index is 0.00743. The van der Waals surface area contributed by atoms with Crippen molar-refractivity contribution in [3.05, 3.63) is 76.3 Å². The highest BCUT2D eigenvalue weighted by Gasteiger charge is 2.39. The molecule has 192 valence electrons. The second-order valence-electron chi connectivity index (χ2n) is 8.96. The molecule has 2 aliphatic carbocycles. The number of azide groups is 1. The summed E-state index contributed by atoms with van der Waals surface area (Å²) in [7, 11) is 0. The van der Waals surface area contributed by atoms with E-state index in [0.29, 0.717) is 29.9 Å². The minimum Gasteiger partial charge on any atom is -0.488 e. The van der Waals surface area contributed by atoms with Gasteiger partial charge in [0.2, 0.25) is 0 Å². The van der Waals surface area contributed by atoms with Gasteiger partial charge in [-0.3, -0.25) is 10.1 Å². The lowest BCUT2D eigenvalue weighted by atomic mass is 9.88. The zero-order valence-electron chi connectivity index (χ0n) is 20.7. The van der Waals surface area contributed by atoms with E-state index in [0.717, 1.165) is 36.0 Å². The third-order valence-electron chi connectivity index (χ3n) is 6.45. The average Bonchev–Trinajstić information content (AvgIpc) is 3.75. The van der Waals surface area contributed by atoms with Crippen molar-refractivity contribution < 1.29 is 19.1 Å². The van der Waals surface area contributed by atoms with Gasteiger partial charge in [0.25, 0.3) is 5.91 Å². The van der Waals surface area contributed by atoms with E-state index in [4.69, 9.17) is 20.4 Å². The minimum atomic E-state index is -0.546. The fourth-order valence-electron chi connectivity index (χ4n) is 4.46. The third kappa shape index (κ3) is 6.68. The van der Waals surface area contributed by atoms with E-state index in [2.05, 4.69) is 15.3 Å². The van der Waals surface area contributed by atoms with Gasteiger partial charge in [0.15, 0.2) is 6.73 Å². The first-order valence-electron chi connectivity index (χ1n) is 12.4. The van der Waals surface area contributed by atoms with E-state index in [9.17, 15) is 9.59 Å². The topological polar surface area (TPSA) is 140 Å². The molecule has 10 nitrogen and oxygen atoms in total. The fraction of sp³-hybridized carbons (Fsp3) is 0.370. The van der Waals surface area contributed by atoms with Crippen LogP contribution in [0.15, 0.2) is 65.4 Å². The summed E-state index contributed by atoms with van der Waals surface area (Å²) in [5, 5.41) is 14.2. The molecular weight excluding hydrogens is 472 g/mol. The van der Waals surface area contributed by atoms with Gasteiger partial charge in [-0.15, -0.1) is 0 Å². The highest BCUT2D eigenvalue weighted by atomic mass is 16.5. The maximum Gasteiger partial charge on any atom is 0.411 e. The van der Waals surface area contributed by atoms with Gasteiger partial charge >= 0.3 is 6.09 Å². The van der Waals surface area contributed by atoms with Crippen molar-refractivity contribution in [2.75, 3.05) is 13.3 Å². The summed E-state index contributed by atoms with van der Waals surface area (Å²) in [5.41, 5.74) is 12.1. The summed E-state index contributed by atoms with van der Waals surface area (Å²) in [6.07, 6.45) is 4.76. The highest BCUT2D eigenvalue weighted by molar-refractivity contribution is 6.00. The Morgan fingerprint density at radius 2 is 1.78 bits per heavy atom. The number of carbonyl (C=O) groups is 2. The Labute approximate surface area is 215 Å². The zero-order chi connectivity index (χ0) is 26.2. The van der Waals surface area contributed by atoms with Crippen LogP contribution in [0, 0.1) is 5.41 Å². The summed E-state index contributed by atoms with van der Waals surface area (Å²) >= 11 is 0. The van der Waals surface area contributed by atoms with Gasteiger partial charge in [0.1, 0.15) is 5.75 Å². The maximum absolute atomic E-state index is 13.6. The predicted octanol–water partition coefficient (Wildman–Crippen LogP) is 5.81. The number of hydrogen-bond donors (Lipinski definition) is 2. The van der Waals surface area contributed by atoms with Gasteiger partial charge in [-0.2, -0.15) is 0 Å². The number of ether oxygens (including phenoxy) is 2. The number of nitrogens with zero attached hydrogens (tertiary/aromatic N) is 4. The molecule has 0 aromatic heterocycles. The number of alkyl carbamates (subject to hydrolysis) is 1. The SMILES string of the molecule is CCOC(=O)N/C=C1/CC(N(C(=O)c2ccc(-c3ccc(OCN=[N+]=[N-])cc3)cc2)C2CC2)CCC1=N. The zero-order valence-corrected chi connectivity index (χ0v) is 20.7. The second-order valence-corrected chi connectivity index (χ2v) is 8.96. The van der Waals surface area contributed by atoms with E-state index >= 15 is 0 Å². The van der Waals surface area contributed by atoms with Crippen LogP contribution in [0.1, 0.15) is 49.4 Å². The molecule has 1 unspecified atom stereocenters. The second kappa shape index (κ2) is 12.1. The monoisotopic (exact) mass is 502 g/mol. The molecule has 0 spiro atoms. The van der Waals surface area contributed by atoms with Crippen molar-refractivity contribution >= 4 is 17.7 Å². The molecule has 10 heteroatoms. The van der Waals surface area contributed by atoms with Crippen molar-refractivity contribution in [1.82, 2.24) is 10.2 Å². The summed E-state index contributed by atoms with van der Waals surface area (Å²) in [6.45, 7) is 1.94. The molecule has 2 fully saturated rings. The summed E-state index contributed by atoms with van der Waals surface area (Å²) in [6, 6.07) is 15.2. The number of amides is 2. The van der Waals surface area contributed by atoms with E-state index in [1.54, 1.807) is 25.3 Å². The number of carbonyl (C=O) groups excluding carboxylic acids is 2. The summed E-state index contributed by atoms with van der Waals surface area (Å²) < 4.78 is 10.2. The Morgan fingerprint density at radius 1 is 1.11 bits per heavy atom. The van der Waals surface area contributed by atoms with Crippen LogP contribution < -0.4 is 10.1 Å². The first-order valence-corrected chi connectivity index (χ1v) is 12.4. The molecule has 2 saturated carbocycles. The van der Waals surface area contributed by atoms with Crippen LogP contribution in [0.4, 0.5) is 4.79 Å². The largest absolute Gasteiger partial charge is 0.488 e. The van der Waals surface area contributed by atoms with Crippen LogP contribution in [-0.4, -0.2) is 48.0 Å². The summed E-state index contributed by atoms with van der Waals surface area (Å²) in [5.74, 6) is 0.599. The molecule has 2 aromatic rings. The predicted molar refractivity (Wildman–Crippen MR) is 139 cm³/mol. The van der Waals surface area contributed by atoms with Crippen molar-refractivity contribution in [1.29, 1.82) is 5.41 Å². The molecular formula is C27H30N6O4. The van der Waals surface area contributed by atoms with E-state index < -0.39 is 6.09 Å². The third-order valence-corrected chi connectivity index (χ3v) is 6.45. The normalized spacial score (nSPS) is 18.0. The molecule has 2 amide bonds. The van der Waals surface area contributed by atoms with Crippen molar-refractivity contribution in [3.63, 3.8) is 0 Å². The Morgan fingerprint density at radius 3 is 2.41 bits per heavy atom. The van der Waals surface area contributed by atoms with Crippen molar-refractivity contribution in [2.24, 2.45) is 5.11 Å². The molecule has 2 aromatic carbocycles. The first kappa shape index (κ1) is 25.8. The lowest BCUT2D eigenvalue weighted by Crippen LogP contribution is -2.44. The van der Waals surface area contributed by atoms with Gasteiger partial charge in [-0.05, 0) is 85.5 Å². The Kier molecular flexibility index (Phi) is 8.43. The molecule has 0 heterocycles. The number of hydrogen-bond acceptors (Lipinski definition) is 6. The van der Waals surface area contributed by atoms with Gasteiger partial charge in [0, 0.05) is 34.5 Å². The van der Waals surface area contributed by atoms with Crippen LogP contribution in [-0.2, 0) is 4.74 Å². The molecule has 0 aliphatic heterocycles. The first-order chi connectivity index (χ1) is 18.0. The van der Waals surface area contributed by atoms with Gasteiger partial charge in [-0.1, -0.05) is 29.4 Å². The molecule has 1 atom stereocenters. The van der Waals surface area contributed by atoms with E-state index in [1.165, 1.54) is 0 Å². The number of nitrogens with one attached hydrogen (secondary N) is 2. The fourth-order valence-corrected chi connectivity index (χ4v) is 4.46. The molecule has 0 radical (unpaired) electrons. The molecule has 2 N–H and O–H groups in total. The van der Waals surface area contributed by atoms with Gasteiger partial charge in [0.05, 0.1) is 6.61 Å². The molecule has 0 bridgehead atoms. The molecule has 37 heavy (non-hydrogen) atoms. The standard InChI is InChI=1S/C27H30N6O4/c1-2-36-27(35)30-16-21-15-23(11-14-25(21)28)33(22-9-10-22)26(34)20-5-3-18(4-6-20)19-7-12-24(13-8-19)37-17-31-32-29/h3-8,12-13,16,22-23,28H,2,9-11,14-15,17H2,1H3,(H,30,35)/b21-16-,28-25?. The van der Waals surface area contributed by atoms with E-state index in [-0.39, 0.29) is 31.3 Å². The Bertz CT molecular complexity index is 1210. The number of rotatable bonds is 9. The smallest absolute Gasteiger partial charge is 0.411 e. The van der Waals surface area contributed by atoms with Crippen LogP contribution in [0.5, 0.6) is 5.75 Å². The Balaban J connectivity index is 1.44. The highest BCUT2D eigenvalue weighted by Crippen LogP contribution is 2.36. The van der Waals surface area contributed by atoms with Gasteiger partial charge < -0.3 is 19.8 Å². The van der Waals surface area contributed by atoms with Crippen LogP contribution in [0.3, 0.4) is 0 Å². The molecule has 4 rings (SSSR count). The molecule has 0 saturated heterocycles. The van der Waals surface area contributed by atoms with E-state index in [1.807, 2.05) is 41.3 Å². The lowest BCUT2D eigenvalue weighted by Gasteiger charge is -2.36. The Hall–Kier alpha value is -4.30. The van der Waals surface area contributed by atoms with Crippen LogP contribution >= 0.6 is 0 Å².